The Kier molecular flexibility index (Phi) is 13.2. The second-order valence-corrected chi connectivity index (χ2v) is 4.66. The summed E-state index contributed by atoms with van der Waals surface area (Å²) in [4.78, 5) is 10.3. The quantitative estimate of drug-likeness (QED) is 0.387. The molecule has 0 aliphatic carbocycles. The monoisotopic (exact) mass is 252 g/mol. The average molecular weight is 252 g/mol. The summed E-state index contributed by atoms with van der Waals surface area (Å²) in [6.45, 7) is 2.22. The highest BCUT2D eigenvalue weighted by molar-refractivity contribution is 5.66. The smallest absolute Gasteiger partial charge is 0.303 e. The third-order valence-electron chi connectivity index (χ3n) is 2.82. The number of allylic oxidation sites excluding steroid dienone is 4. The fourth-order valence-corrected chi connectivity index (χ4v) is 1.70. The molecule has 0 aliphatic rings. The van der Waals surface area contributed by atoms with E-state index >= 15 is 0 Å². The number of carbonyl (C=O) groups is 1. The number of unbranched alkanes of at least 4 members (excludes halogenated alkanes) is 6. The number of rotatable bonds is 12. The van der Waals surface area contributed by atoms with E-state index in [1.54, 1.807) is 0 Å². The van der Waals surface area contributed by atoms with Crippen LogP contribution in [-0.2, 0) is 4.79 Å². The van der Waals surface area contributed by atoms with Crippen molar-refractivity contribution in [1.82, 2.24) is 0 Å². The van der Waals surface area contributed by atoms with Gasteiger partial charge in [-0.05, 0) is 38.5 Å². The molecule has 0 radical (unpaired) electrons. The number of aliphatic carboxylic acids is 1. The minimum atomic E-state index is -0.680. The zero-order chi connectivity index (χ0) is 13.5. The topological polar surface area (TPSA) is 37.3 Å². The van der Waals surface area contributed by atoms with E-state index in [1.165, 1.54) is 19.3 Å². The molecule has 0 aliphatic heterocycles. The summed E-state index contributed by atoms with van der Waals surface area (Å²) in [6, 6.07) is 0. The van der Waals surface area contributed by atoms with Gasteiger partial charge in [0, 0.05) is 6.42 Å². The number of carboxylic acid groups (broad SMARTS) is 1. The van der Waals surface area contributed by atoms with Gasteiger partial charge in [0.05, 0.1) is 0 Å². The first-order chi connectivity index (χ1) is 8.77. The van der Waals surface area contributed by atoms with Crippen LogP contribution in [0.25, 0.3) is 0 Å². The van der Waals surface area contributed by atoms with Gasteiger partial charge in [-0.1, -0.05) is 50.5 Å². The molecule has 18 heavy (non-hydrogen) atoms. The van der Waals surface area contributed by atoms with Crippen LogP contribution in [0.4, 0.5) is 0 Å². The lowest BCUT2D eigenvalue weighted by Crippen LogP contribution is -1.93. The zero-order valence-corrected chi connectivity index (χ0v) is 11.7. The summed E-state index contributed by atoms with van der Waals surface area (Å²) in [5, 5.41) is 8.47. The number of hydrogen-bond donors (Lipinski definition) is 1. The molecule has 1 N–H and O–H groups in total. The molecule has 0 fully saturated rings. The lowest BCUT2D eigenvalue weighted by atomic mass is 10.1. The van der Waals surface area contributed by atoms with Crippen LogP contribution in [0.15, 0.2) is 24.3 Å². The minimum absolute atomic E-state index is 0.312. The van der Waals surface area contributed by atoms with Gasteiger partial charge in [0.15, 0.2) is 0 Å². The maximum atomic E-state index is 10.3. The van der Waals surface area contributed by atoms with Crippen LogP contribution in [0.1, 0.15) is 71.1 Å². The molecule has 0 saturated carbocycles. The summed E-state index contributed by atoms with van der Waals surface area (Å²) >= 11 is 0. The first-order valence-electron chi connectivity index (χ1n) is 7.29. The van der Waals surface area contributed by atoms with Crippen molar-refractivity contribution < 1.29 is 9.90 Å². The van der Waals surface area contributed by atoms with Crippen molar-refractivity contribution in [2.45, 2.75) is 71.1 Å². The highest BCUT2D eigenvalue weighted by Gasteiger charge is 1.94. The molecule has 2 nitrogen and oxygen atoms in total. The maximum absolute atomic E-state index is 10.3. The van der Waals surface area contributed by atoms with Gasteiger partial charge in [-0.3, -0.25) is 4.79 Å². The highest BCUT2D eigenvalue weighted by Crippen LogP contribution is 2.05. The molecule has 0 unspecified atom stereocenters. The molecule has 0 aromatic heterocycles. The van der Waals surface area contributed by atoms with Gasteiger partial charge in [0.25, 0.3) is 0 Å². The second-order valence-electron chi connectivity index (χ2n) is 4.66. The summed E-state index contributed by atoms with van der Waals surface area (Å²) in [6.07, 6.45) is 19.4. The van der Waals surface area contributed by atoms with E-state index in [2.05, 4.69) is 31.2 Å². The van der Waals surface area contributed by atoms with Crippen LogP contribution in [0, 0.1) is 0 Å². The molecule has 2 heteroatoms. The van der Waals surface area contributed by atoms with Gasteiger partial charge in [0.1, 0.15) is 0 Å². The van der Waals surface area contributed by atoms with Gasteiger partial charge < -0.3 is 5.11 Å². The fraction of sp³-hybridized carbons (Fsp3) is 0.688. The van der Waals surface area contributed by atoms with E-state index in [0.717, 1.165) is 38.5 Å². The van der Waals surface area contributed by atoms with Crippen molar-refractivity contribution in [2.75, 3.05) is 0 Å². The van der Waals surface area contributed by atoms with Crippen molar-refractivity contribution in [3.05, 3.63) is 24.3 Å². The molecule has 0 bridgehead atoms. The van der Waals surface area contributed by atoms with E-state index in [4.69, 9.17) is 5.11 Å². The van der Waals surface area contributed by atoms with Crippen LogP contribution < -0.4 is 0 Å². The lowest BCUT2D eigenvalue weighted by molar-refractivity contribution is -0.137. The summed E-state index contributed by atoms with van der Waals surface area (Å²) in [7, 11) is 0. The maximum Gasteiger partial charge on any atom is 0.303 e. The molecule has 104 valence electrons. The molecule has 0 heterocycles. The molecule has 0 amide bonds. The molecule has 0 spiro atoms. The molecule has 0 aromatic rings. The van der Waals surface area contributed by atoms with Crippen molar-refractivity contribution in [3.63, 3.8) is 0 Å². The average Bonchev–Trinajstić information content (AvgIpc) is 2.34. The van der Waals surface area contributed by atoms with Crippen molar-refractivity contribution >= 4 is 5.97 Å². The summed E-state index contributed by atoms with van der Waals surface area (Å²) < 4.78 is 0. The Bertz CT molecular complexity index is 241. The van der Waals surface area contributed by atoms with Gasteiger partial charge in [-0.25, -0.2) is 0 Å². The van der Waals surface area contributed by atoms with Gasteiger partial charge in [0.2, 0.25) is 0 Å². The highest BCUT2D eigenvalue weighted by atomic mass is 16.4. The first kappa shape index (κ1) is 16.9. The summed E-state index contributed by atoms with van der Waals surface area (Å²) in [5.41, 5.74) is 0. The first-order valence-corrected chi connectivity index (χ1v) is 7.29. The Balaban J connectivity index is 3.18. The SMILES string of the molecule is CCCCC=CCC/C=C\CCCCCC(=O)O. The van der Waals surface area contributed by atoms with Crippen molar-refractivity contribution in [1.29, 1.82) is 0 Å². The van der Waals surface area contributed by atoms with Crippen LogP contribution >= 0.6 is 0 Å². The lowest BCUT2D eigenvalue weighted by Gasteiger charge is -1.95. The Hall–Kier alpha value is -1.05. The number of hydrogen-bond acceptors (Lipinski definition) is 1. The van der Waals surface area contributed by atoms with Crippen LogP contribution in [-0.4, -0.2) is 11.1 Å². The zero-order valence-electron chi connectivity index (χ0n) is 11.7. The van der Waals surface area contributed by atoms with E-state index in [0.29, 0.717) is 6.42 Å². The normalized spacial score (nSPS) is 11.6. The van der Waals surface area contributed by atoms with Crippen LogP contribution in [0.3, 0.4) is 0 Å². The predicted octanol–water partition coefficient (Wildman–Crippen LogP) is 5.10. The fourth-order valence-electron chi connectivity index (χ4n) is 1.70. The number of carboxylic acids is 1. The Morgan fingerprint density at radius 3 is 1.94 bits per heavy atom. The Morgan fingerprint density at radius 1 is 0.833 bits per heavy atom. The van der Waals surface area contributed by atoms with Crippen molar-refractivity contribution in [3.8, 4) is 0 Å². The largest absolute Gasteiger partial charge is 0.481 e. The molecular weight excluding hydrogens is 224 g/mol. The molecular formula is C16H28O2. The Morgan fingerprint density at radius 2 is 1.39 bits per heavy atom. The predicted molar refractivity (Wildman–Crippen MR) is 77.8 cm³/mol. The van der Waals surface area contributed by atoms with E-state index in [1.807, 2.05) is 0 Å². The van der Waals surface area contributed by atoms with E-state index in [9.17, 15) is 4.79 Å². The molecule has 0 aromatic carbocycles. The summed E-state index contributed by atoms with van der Waals surface area (Å²) in [5.74, 6) is -0.680. The molecule has 0 atom stereocenters. The van der Waals surface area contributed by atoms with Gasteiger partial charge in [-0.15, -0.1) is 0 Å². The van der Waals surface area contributed by atoms with E-state index in [-0.39, 0.29) is 0 Å². The van der Waals surface area contributed by atoms with Gasteiger partial charge >= 0.3 is 5.97 Å². The van der Waals surface area contributed by atoms with Crippen LogP contribution in [0.5, 0.6) is 0 Å². The standard InChI is InChI=1S/C16H28O2/c1-2-3-4-5-6-7-8-9-10-11-12-13-14-15-16(17)18/h5-6,9-10H,2-4,7-8,11-15H2,1H3,(H,17,18)/b6-5?,10-9-. The molecule has 0 rings (SSSR count). The second kappa shape index (κ2) is 14.0. The minimum Gasteiger partial charge on any atom is -0.481 e. The third-order valence-corrected chi connectivity index (χ3v) is 2.82. The molecule has 0 saturated heterocycles. The van der Waals surface area contributed by atoms with Crippen molar-refractivity contribution in [2.24, 2.45) is 0 Å². The van der Waals surface area contributed by atoms with Crippen LogP contribution in [0.2, 0.25) is 0 Å². The third kappa shape index (κ3) is 14.9. The Labute approximate surface area is 112 Å². The van der Waals surface area contributed by atoms with E-state index < -0.39 is 5.97 Å². The van der Waals surface area contributed by atoms with Gasteiger partial charge in [-0.2, -0.15) is 0 Å².